The van der Waals surface area contributed by atoms with Gasteiger partial charge < -0.3 is 4.74 Å². The second-order valence-electron chi connectivity index (χ2n) is 6.57. The molecule has 0 aliphatic carbocycles. The van der Waals surface area contributed by atoms with Gasteiger partial charge in [-0.15, -0.1) is 0 Å². The maximum Gasteiger partial charge on any atom is 0.315 e. The highest BCUT2D eigenvalue weighted by atomic mass is 16.5. The zero-order chi connectivity index (χ0) is 20.2. The van der Waals surface area contributed by atoms with E-state index in [9.17, 15) is 20.1 Å². The van der Waals surface area contributed by atoms with Crippen LogP contribution in [-0.2, 0) is 14.9 Å². The third-order valence-corrected chi connectivity index (χ3v) is 4.76. The molecule has 0 aliphatic heterocycles. The van der Waals surface area contributed by atoms with Gasteiger partial charge in [0.25, 0.3) is 0 Å². The van der Waals surface area contributed by atoms with E-state index in [4.69, 9.17) is 4.74 Å². The number of methoxy groups -OCH3 is 1. The van der Waals surface area contributed by atoms with Gasteiger partial charge in [-0.25, -0.2) is 4.68 Å². The van der Waals surface area contributed by atoms with Crippen LogP contribution in [0, 0.1) is 41.9 Å². The lowest BCUT2D eigenvalue weighted by molar-refractivity contribution is -0.153. The minimum Gasteiger partial charge on any atom is -0.469 e. The van der Waals surface area contributed by atoms with Crippen molar-refractivity contribution in [3.05, 3.63) is 53.3 Å². The first-order valence-electron chi connectivity index (χ1n) is 8.28. The van der Waals surface area contributed by atoms with Gasteiger partial charge in [0.15, 0.2) is 5.41 Å². The molecule has 0 radical (unpaired) electrons. The Labute approximate surface area is 157 Å². The molecule has 1 aromatic heterocycles. The first-order chi connectivity index (χ1) is 12.8. The number of hydrogen-bond donors (Lipinski definition) is 0. The van der Waals surface area contributed by atoms with E-state index in [1.54, 1.807) is 50.2 Å². The summed E-state index contributed by atoms with van der Waals surface area (Å²) < 4.78 is 6.08. The smallest absolute Gasteiger partial charge is 0.315 e. The molecular formula is C20H20N4O3. The van der Waals surface area contributed by atoms with Crippen LogP contribution >= 0.6 is 0 Å². The van der Waals surface area contributed by atoms with Crippen LogP contribution in [0.4, 0.5) is 0 Å². The summed E-state index contributed by atoms with van der Waals surface area (Å²) in [5, 5.41) is 24.0. The summed E-state index contributed by atoms with van der Waals surface area (Å²) in [4.78, 5) is 25.6. The third kappa shape index (κ3) is 3.20. The summed E-state index contributed by atoms with van der Waals surface area (Å²) in [5.74, 6) is -1.32. The number of nitriles is 2. The Morgan fingerprint density at radius 1 is 1.19 bits per heavy atom. The van der Waals surface area contributed by atoms with Crippen LogP contribution in [0.2, 0.25) is 0 Å². The van der Waals surface area contributed by atoms with Gasteiger partial charge in [0.1, 0.15) is 5.41 Å². The molecule has 7 nitrogen and oxygen atoms in total. The van der Waals surface area contributed by atoms with E-state index in [-0.39, 0.29) is 0 Å². The van der Waals surface area contributed by atoms with Crippen LogP contribution in [0.3, 0.4) is 0 Å². The summed E-state index contributed by atoms with van der Waals surface area (Å²) in [6, 6.07) is 13.9. The van der Waals surface area contributed by atoms with Gasteiger partial charge in [-0.3, -0.25) is 9.59 Å². The normalized spacial score (nSPS) is 13.1. The molecule has 1 atom stereocenters. The largest absolute Gasteiger partial charge is 0.469 e. The quantitative estimate of drug-likeness (QED) is 0.755. The second-order valence-corrected chi connectivity index (χ2v) is 6.57. The molecule has 27 heavy (non-hydrogen) atoms. The molecular weight excluding hydrogens is 344 g/mol. The highest BCUT2D eigenvalue weighted by Crippen LogP contribution is 2.45. The average molecular weight is 364 g/mol. The predicted octanol–water partition coefficient (Wildman–Crippen LogP) is 2.69. The Kier molecular flexibility index (Phi) is 5.47. The lowest BCUT2D eigenvalue weighted by Gasteiger charge is -2.36. The van der Waals surface area contributed by atoms with Gasteiger partial charge in [-0.1, -0.05) is 30.3 Å². The lowest BCUT2D eigenvalue weighted by atomic mass is 9.60. The van der Waals surface area contributed by atoms with Gasteiger partial charge in [0, 0.05) is 12.1 Å². The molecule has 0 saturated heterocycles. The van der Waals surface area contributed by atoms with E-state index in [0.717, 1.165) is 0 Å². The van der Waals surface area contributed by atoms with Crippen LogP contribution in [-0.4, -0.2) is 28.8 Å². The average Bonchev–Trinajstić information content (AvgIpc) is 3.01. The number of carbonyl (C=O) groups excluding carboxylic acids is 2. The summed E-state index contributed by atoms with van der Waals surface area (Å²) in [6.45, 7) is 4.86. The number of hydrogen-bond acceptors (Lipinski definition) is 6. The van der Waals surface area contributed by atoms with Crippen molar-refractivity contribution in [1.82, 2.24) is 9.78 Å². The molecule has 1 aromatic carbocycles. The van der Waals surface area contributed by atoms with Crippen LogP contribution < -0.4 is 0 Å². The number of aromatic nitrogens is 2. The number of rotatable bonds is 5. The van der Waals surface area contributed by atoms with E-state index >= 15 is 0 Å². The van der Waals surface area contributed by atoms with E-state index in [2.05, 4.69) is 5.10 Å². The molecule has 2 rings (SSSR count). The van der Waals surface area contributed by atoms with Crippen LogP contribution in [0.25, 0.3) is 0 Å². The van der Waals surface area contributed by atoms with Crippen molar-refractivity contribution < 1.29 is 14.3 Å². The maximum absolute atomic E-state index is 12.9. The van der Waals surface area contributed by atoms with E-state index in [0.29, 0.717) is 17.0 Å². The molecule has 0 bridgehead atoms. The van der Waals surface area contributed by atoms with E-state index < -0.39 is 29.1 Å². The zero-order valence-corrected chi connectivity index (χ0v) is 15.7. The van der Waals surface area contributed by atoms with Crippen molar-refractivity contribution in [2.24, 2.45) is 5.41 Å². The Balaban J connectivity index is 2.63. The molecule has 0 N–H and O–H groups in total. The van der Waals surface area contributed by atoms with Gasteiger partial charge in [-0.05, 0) is 32.4 Å². The lowest BCUT2D eigenvalue weighted by Crippen LogP contribution is -2.50. The zero-order valence-electron chi connectivity index (χ0n) is 15.7. The summed E-state index contributed by atoms with van der Waals surface area (Å²) in [5.41, 5.74) is -2.08. The number of ether oxygens (including phenoxy) is 1. The molecule has 7 heteroatoms. The van der Waals surface area contributed by atoms with Crippen LogP contribution in [0.5, 0.6) is 0 Å². The molecule has 0 unspecified atom stereocenters. The number of carbonyl (C=O) groups is 2. The fraction of sp³-hybridized carbons (Fsp3) is 0.350. The fourth-order valence-electron chi connectivity index (χ4n) is 3.25. The van der Waals surface area contributed by atoms with Crippen molar-refractivity contribution >= 4 is 11.9 Å². The molecule has 2 aromatic rings. The molecule has 1 heterocycles. The number of esters is 1. The van der Waals surface area contributed by atoms with Gasteiger partial charge in [0.05, 0.1) is 24.9 Å². The van der Waals surface area contributed by atoms with Gasteiger partial charge in [0.2, 0.25) is 5.91 Å². The van der Waals surface area contributed by atoms with Crippen LogP contribution in [0.1, 0.15) is 35.1 Å². The summed E-state index contributed by atoms with van der Waals surface area (Å²) >= 11 is 0. The fourth-order valence-corrected chi connectivity index (χ4v) is 3.25. The Hall–Kier alpha value is -3.45. The molecule has 0 fully saturated rings. The number of aryl methyl sites for hydroxylation is 2. The second kappa shape index (κ2) is 7.43. The highest BCUT2D eigenvalue weighted by Gasteiger charge is 2.58. The highest BCUT2D eigenvalue weighted by molar-refractivity contribution is 5.89. The van der Waals surface area contributed by atoms with E-state index in [1.807, 2.05) is 12.1 Å². The van der Waals surface area contributed by atoms with E-state index in [1.165, 1.54) is 18.7 Å². The third-order valence-electron chi connectivity index (χ3n) is 4.76. The summed E-state index contributed by atoms with van der Waals surface area (Å²) in [6.07, 6.45) is -0.419. The first kappa shape index (κ1) is 19.9. The molecule has 0 aliphatic rings. The first-order valence-corrected chi connectivity index (χ1v) is 8.28. The van der Waals surface area contributed by atoms with Gasteiger partial charge >= 0.3 is 5.97 Å². The minimum atomic E-state index is -1.91. The van der Waals surface area contributed by atoms with Crippen molar-refractivity contribution in [2.75, 3.05) is 7.11 Å². The van der Waals surface area contributed by atoms with Gasteiger partial charge in [-0.2, -0.15) is 15.6 Å². The monoisotopic (exact) mass is 364 g/mol. The Morgan fingerprint density at radius 3 is 2.22 bits per heavy atom. The maximum atomic E-state index is 12.9. The minimum absolute atomic E-state index is 0.323. The molecule has 0 amide bonds. The Bertz CT molecular complexity index is 936. The SMILES string of the molecule is COC(=O)[C@@](C)(CC(=O)n1nc(C)cc1C)C(C#N)(C#N)c1ccccc1. The standard InChI is InChI=1S/C20H20N4O3/c1-14-10-15(2)24(23-14)17(25)11-19(3,18(26)27-4)20(12-21,13-22)16-8-6-5-7-9-16/h5-10H,11H2,1-4H3/t19-/m1/s1. The van der Waals surface area contributed by atoms with Crippen LogP contribution in [0.15, 0.2) is 36.4 Å². The molecule has 0 saturated carbocycles. The topological polar surface area (TPSA) is 109 Å². The molecule has 138 valence electrons. The molecule has 0 spiro atoms. The van der Waals surface area contributed by atoms with Crippen molar-refractivity contribution in [3.63, 3.8) is 0 Å². The predicted molar refractivity (Wildman–Crippen MR) is 96.4 cm³/mol. The van der Waals surface area contributed by atoms with Crippen molar-refractivity contribution in [3.8, 4) is 12.1 Å². The Morgan fingerprint density at radius 2 is 1.78 bits per heavy atom. The summed E-state index contributed by atoms with van der Waals surface area (Å²) in [7, 11) is 1.17. The van der Waals surface area contributed by atoms with Crippen molar-refractivity contribution in [2.45, 2.75) is 32.6 Å². The number of nitrogens with zero attached hydrogens (tertiary/aromatic N) is 4. The van der Waals surface area contributed by atoms with Crippen molar-refractivity contribution in [1.29, 1.82) is 10.5 Å². The number of benzene rings is 1.